The third-order valence-corrected chi connectivity index (χ3v) is 4.86. The first-order valence-electron chi connectivity index (χ1n) is 7.56. The van der Waals surface area contributed by atoms with Gasteiger partial charge in [0.1, 0.15) is 0 Å². The van der Waals surface area contributed by atoms with Crippen molar-refractivity contribution in [2.24, 2.45) is 16.7 Å². The number of aliphatic hydroxyl groups is 1. The molecule has 0 aromatic carbocycles. The second-order valence-corrected chi connectivity index (χ2v) is 7.32. The lowest BCUT2D eigenvalue weighted by molar-refractivity contribution is 0.226. The minimum Gasteiger partial charge on any atom is -0.513 e. The summed E-state index contributed by atoms with van der Waals surface area (Å²) in [5.74, 6) is 1.15. The van der Waals surface area contributed by atoms with E-state index in [1.165, 1.54) is 12.0 Å². The second kappa shape index (κ2) is 7.17. The Morgan fingerprint density at radius 2 is 1.58 bits per heavy atom. The van der Waals surface area contributed by atoms with E-state index in [2.05, 4.69) is 54.5 Å². The van der Waals surface area contributed by atoms with E-state index in [4.69, 9.17) is 0 Å². The zero-order valence-electron chi connectivity index (χ0n) is 14.3. The lowest BCUT2D eigenvalue weighted by Crippen LogP contribution is -2.21. The van der Waals surface area contributed by atoms with E-state index >= 15 is 0 Å². The fourth-order valence-electron chi connectivity index (χ4n) is 2.01. The number of aliphatic hydroxyl groups excluding tert-OH is 1. The Morgan fingerprint density at radius 3 is 2.00 bits per heavy atom. The van der Waals surface area contributed by atoms with E-state index in [0.717, 1.165) is 18.8 Å². The Balaban J connectivity index is 4.76. The molecule has 0 spiro atoms. The molecule has 1 nitrogen and oxygen atoms in total. The molecule has 1 unspecified atom stereocenters. The summed E-state index contributed by atoms with van der Waals surface area (Å²) in [5, 5.41) is 9.30. The van der Waals surface area contributed by atoms with Crippen LogP contribution in [0.15, 0.2) is 23.5 Å². The monoisotopic (exact) mass is 266 g/mol. The Morgan fingerprint density at radius 1 is 1.05 bits per heavy atom. The Hall–Kier alpha value is -0.720. The molecule has 0 aliphatic carbocycles. The van der Waals surface area contributed by atoms with Gasteiger partial charge in [-0.1, -0.05) is 59.6 Å². The molecule has 1 heteroatoms. The van der Waals surface area contributed by atoms with Crippen molar-refractivity contribution in [3.05, 3.63) is 23.5 Å². The fraction of sp³-hybridized carbons (Fsp3) is 0.778. The van der Waals surface area contributed by atoms with Gasteiger partial charge in [0.2, 0.25) is 0 Å². The lowest BCUT2D eigenvalue weighted by atomic mass is 9.74. The van der Waals surface area contributed by atoms with Crippen LogP contribution in [-0.4, -0.2) is 5.11 Å². The molecule has 0 saturated carbocycles. The molecule has 0 radical (unpaired) electrons. The number of allylic oxidation sites excluding steroid dienone is 4. The van der Waals surface area contributed by atoms with Crippen molar-refractivity contribution >= 4 is 0 Å². The molecule has 112 valence electrons. The van der Waals surface area contributed by atoms with Crippen LogP contribution in [-0.2, 0) is 0 Å². The topological polar surface area (TPSA) is 20.2 Å². The highest BCUT2D eigenvalue weighted by molar-refractivity contribution is 5.12. The van der Waals surface area contributed by atoms with Crippen LogP contribution in [0.5, 0.6) is 0 Å². The summed E-state index contributed by atoms with van der Waals surface area (Å²) >= 11 is 0. The van der Waals surface area contributed by atoms with Gasteiger partial charge in [0.05, 0.1) is 5.76 Å². The van der Waals surface area contributed by atoms with Crippen molar-refractivity contribution in [3.63, 3.8) is 0 Å². The van der Waals surface area contributed by atoms with Crippen LogP contribution in [0.1, 0.15) is 74.7 Å². The van der Waals surface area contributed by atoms with Crippen molar-refractivity contribution in [1.82, 2.24) is 0 Å². The highest BCUT2D eigenvalue weighted by atomic mass is 16.3. The molecule has 0 aliphatic rings. The maximum absolute atomic E-state index is 9.30. The fourth-order valence-corrected chi connectivity index (χ4v) is 2.01. The molecule has 1 atom stereocenters. The number of hydrogen-bond acceptors (Lipinski definition) is 1. The number of hydrogen-bond donors (Lipinski definition) is 1. The molecule has 0 rings (SSSR count). The highest BCUT2D eigenvalue weighted by Crippen LogP contribution is 2.36. The van der Waals surface area contributed by atoms with Gasteiger partial charge in [0.15, 0.2) is 0 Å². The molecule has 0 aromatic heterocycles. The van der Waals surface area contributed by atoms with Crippen LogP contribution in [0.2, 0.25) is 0 Å². The van der Waals surface area contributed by atoms with Gasteiger partial charge >= 0.3 is 0 Å². The Bertz CT molecular complexity index is 328. The molecule has 1 N–H and O–H groups in total. The zero-order valence-corrected chi connectivity index (χ0v) is 14.3. The summed E-state index contributed by atoms with van der Waals surface area (Å²) in [6, 6.07) is 0. The summed E-state index contributed by atoms with van der Waals surface area (Å²) in [6.45, 7) is 17.8. The standard InChI is InChI=1S/C18H34O/c1-9-14(2)17(5,6)12-10-15(3)18(7,8)13-11-16(4)19/h10-11,14,19H,9,12-13H2,1-8H3/b15-10+,16-11+. The van der Waals surface area contributed by atoms with Gasteiger partial charge in [-0.25, -0.2) is 0 Å². The molecule has 0 aromatic rings. The molecule has 0 saturated heterocycles. The zero-order chi connectivity index (χ0) is 15.3. The van der Waals surface area contributed by atoms with Crippen molar-refractivity contribution in [2.75, 3.05) is 0 Å². The Labute approximate surface area is 120 Å². The summed E-state index contributed by atoms with van der Waals surface area (Å²) in [4.78, 5) is 0. The maximum atomic E-state index is 9.30. The summed E-state index contributed by atoms with van der Waals surface area (Å²) in [6.07, 6.45) is 7.56. The average Bonchev–Trinajstić information content (AvgIpc) is 2.32. The van der Waals surface area contributed by atoms with Crippen LogP contribution in [0, 0.1) is 16.7 Å². The van der Waals surface area contributed by atoms with Gasteiger partial charge in [-0.2, -0.15) is 0 Å². The first-order valence-corrected chi connectivity index (χ1v) is 7.56. The lowest BCUT2D eigenvalue weighted by Gasteiger charge is -2.32. The first-order chi connectivity index (χ1) is 8.53. The van der Waals surface area contributed by atoms with Crippen molar-refractivity contribution < 1.29 is 5.11 Å². The largest absolute Gasteiger partial charge is 0.513 e. The van der Waals surface area contributed by atoms with E-state index < -0.39 is 0 Å². The van der Waals surface area contributed by atoms with E-state index in [1.807, 2.05) is 6.08 Å². The molecule has 19 heavy (non-hydrogen) atoms. The van der Waals surface area contributed by atoms with Crippen LogP contribution in [0.25, 0.3) is 0 Å². The Kier molecular flexibility index (Phi) is 6.89. The molecule has 0 amide bonds. The van der Waals surface area contributed by atoms with Gasteiger partial charge < -0.3 is 5.11 Å². The second-order valence-electron chi connectivity index (χ2n) is 7.32. The predicted molar refractivity (Wildman–Crippen MR) is 86.4 cm³/mol. The van der Waals surface area contributed by atoms with Gasteiger partial charge in [-0.05, 0) is 49.5 Å². The quantitative estimate of drug-likeness (QED) is 0.425. The van der Waals surface area contributed by atoms with Gasteiger partial charge in [0, 0.05) is 0 Å². The third kappa shape index (κ3) is 6.31. The van der Waals surface area contributed by atoms with E-state index in [-0.39, 0.29) is 5.41 Å². The molecular weight excluding hydrogens is 232 g/mol. The third-order valence-electron chi connectivity index (χ3n) is 4.86. The number of rotatable bonds is 7. The predicted octanol–water partition coefficient (Wildman–Crippen LogP) is 6.27. The normalized spacial score (nSPS) is 16.6. The van der Waals surface area contributed by atoms with Gasteiger partial charge in [0.25, 0.3) is 0 Å². The van der Waals surface area contributed by atoms with E-state index in [9.17, 15) is 5.11 Å². The van der Waals surface area contributed by atoms with Crippen LogP contribution < -0.4 is 0 Å². The minimum atomic E-state index is 0.121. The summed E-state index contributed by atoms with van der Waals surface area (Å²) in [5.41, 5.74) is 1.89. The van der Waals surface area contributed by atoms with Crippen LogP contribution in [0.3, 0.4) is 0 Å². The molecule has 0 bridgehead atoms. The molecule has 0 heterocycles. The smallest absolute Gasteiger partial charge is 0.0852 e. The summed E-state index contributed by atoms with van der Waals surface area (Å²) < 4.78 is 0. The average molecular weight is 266 g/mol. The van der Waals surface area contributed by atoms with E-state index in [1.54, 1.807) is 6.92 Å². The SMILES string of the molecule is CCC(C)C(C)(C)C/C=C(\C)C(C)(C)C/C=C(\C)O. The highest BCUT2D eigenvalue weighted by Gasteiger charge is 2.25. The molecular formula is C18H34O. The minimum absolute atomic E-state index is 0.121. The van der Waals surface area contributed by atoms with Crippen molar-refractivity contribution in [3.8, 4) is 0 Å². The van der Waals surface area contributed by atoms with Gasteiger partial charge in [-0.3, -0.25) is 0 Å². The van der Waals surface area contributed by atoms with Gasteiger partial charge in [-0.15, -0.1) is 0 Å². The maximum Gasteiger partial charge on any atom is 0.0852 e. The summed E-state index contributed by atoms with van der Waals surface area (Å²) in [7, 11) is 0. The van der Waals surface area contributed by atoms with Crippen LogP contribution >= 0.6 is 0 Å². The van der Waals surface area contributed by atoms with Crippen molar-refractivity contribution in [1.29, 1.82) is 0 Å². The first kappa shape index (κ1) is 18.3. The van der Waals surface area contributed by atoms with Crippen LogP contribution in [0.4, 0.5) is 0 Å². The molecule has 0 aliphatic heterocycles. The molecule has 0 fully saturated rings. The van der Waals surface area contributed by atoms with Crippen molar-refractivity contribution in [2.45, 2.75) is 74.7 Å². The van der Waals surface area contributed by atoms with E-state index in [0.29, 0.717) is 11.2 Å².